The first-order valence-electron chi connectivity index (χ1n) is 3.90. The van der Waals surface area contributed by atoms with Crippen molar-refractivity contribution < 1.29 is 9.59 Å². The van der Waals surface area contributed by atoms with Crippen LogP contribution in [-0.4, -0.2) is 40.7 Å². The van der Waals surface area contributed by atoms with Gasteiger partial charge in [0.25, 0.3) is 0 Å². The zero-order chi connectivity index (χ0) is 8.72. The lowest BCUT2D eigenvalue weighted by Gasteiger charge is -2.35. The van der Waals surface area contributed by atoms with E-state index in [2.05, 4.69) is 21.2 Å². The van der Waals surface area contributed by atoms with Gasteiger partial charge in [-0.2, -0.15) is 0 Å². The monoisotopic (exact) mass is 232 g/mol. The van der Waals surface area contributed by atoms with Gasteiger partial charge in [0.15, 0.2) is 0 Å². The highest BCUT2D eigenvalue weighted by molar-refractivity contribution is 9.09. The van der Waals surface area contributed by atoms with Gasteiger partial charge in [0.05, 0.1) is 11.4 Å². The van der Waals surface area contributed by atoms with E-state index in [1.165, 1.54) is 0 Å². The molecule has 12 heavy (non-hydrogen) atoms. The van der Waals surface area contributed by atoms with Gasteiger partial charge in [-0.15, -0.1) is 0 Å². The topological polar surface area (TPSA) is 49.4 Å². The van der Waals surface area contributed by atoms with Crippen molar-refractivity contribution in [3.05, 3.63) is 0 Å². The Bertz CT molecular complexity index is 244. The molecular weight excluding hydrogens is 224 g/mol. The van der Waals surface area contributed by atoms with E-state index in [1.54, 1.807) is 4.90 Å². The van der Waals surface area contributed by atoms with Crippen molar-refractivity contribution in [2.75, 3.05) is 11.9 Å². The molecule has 2 atom stereocenters. The quantitative estimate of drug-likeness (QED) is 0.489. The predicted molar refractivity (Wildman–Crippen MR) is 45.8 cm³/mol. The molecule has 0 aromatic rings. The highest BCUT2D eigenvalue weighted by atomic mass is 79.9. The van der Waals surface area contributed by atoms with Crippen molar-refractivity contribution in [1.29, 1.82) is 0 Å². The fourth-order valence-corrected chi connectivity index (χ4v) is 2.12. The number of rotatable bonds is 1. The predicted octanol–water partition coefficient (Wildman–Crippen LogP) is -0.519. The summed E-state index contributed by atoms with van der Waals surface area (Å²) in [5, 5.41) is 3.07. The molecule has 0 spiro atoms. The van der Waals surface area contributed by atoms with E-state index in [9.17, 15) is 9.59 Å². The molecule has 4 nitrogen and oxygen atoms in total. The van der Waals surface area contributed by atoms with Gasteiger partial charge >= 0.3 is 0 Å². The summed E-state index contributed by atoms with van der Waals surface area (Å²) in [6.07, 6.45) is 0.898. The molecule has 2 aliphatic rings. The number of carbonyl (C=O) groups is 2. The molecule has 0 aromatic carbocycles. The van der Waals surface area contributed by atoms with E-state index in [-0.39, 0.29) is 23.9 Å². The number of likely N-dealkylation sites (tertiary alicyclic amines) is 1. The lowest BCUT2D eigenvalue weighted by molar-refractivity contribution is -0.142. The van der Waals surface area contributed by atoms with Crippen molar-refractivity contribution in [2.24, 2.45) is 0 Å². The second kappa shape index (κ2) is 2.73. The second-order valence-corrected chi connectivity index (χ2v) is 3.63. The number of carbonyl (C=O) groups excluding carboxylic acids is 2. The van der Waals surface area contributed by atoms with Crippen molar-refractivity contribution in [2.45, 2.75) is 18.5 Å². The molecule has 0 saturated carbocycles. The van der Waals surface area contributed by atoms with E-state index >= 15 is 0 Å². The van der Waals surface area contributed by atoms with Crippen LogP contribution in [0.2, 0.25) is 0 Å². The highest BCUT2D eigenvalue weighted by Gasteiger charge is 2.49. The standard InChI is InChI=1S/C7H9BrN2O2/c8-3-5(11)10-2-1-4-6(10)7(12)9-4/h4,6H,1-3H2,(H,9,12)/t4-,6?/m1/s1. The highest BCUT2D eigenvalue weighted by Crippen LogP contribution is 2.25. The maximum absolute atomic E-state index is 11.2. The number of fused-ring (bicyclic) bond motifs is 1. The summed E-state index contributed by atoms with van der Waals surface area (Å²) in [5.74, 6) is 0.00384. The molecule has 0 radical (unpaired) electrons. The number of nitrogens with zero attached hydrogens (tertiary/aromatic N) is 1. The van der Waals surface area contributed by atoms with Crippen LogP contribution in [0.4, 0.5) is 0 Å². The summed E-state index contributed by atoms with van der Waals surface area (Å²) in [6.45, 7) is 0.707. The number of nitrogens with one attached hydrogen (secondary N) is 1. The number of alkyl halides is 1. The van der Waals surface area contributed by atoms with E-state index < -0.39 is 0 Å². The van der Waals surface area contributed by atoms with Gasteiger partial charge in [-0.25, -0.2) is 0 Å². The Kier molecular flexibility index (Phi) is 1.83. The Morgan fingerprint density at radius 1 is 1.75 bits per heavy atom. The molecule has 0 bridgehead atoms. The first-order chi connectivity index (χ1) is 5.74. The van der Waals surface area contributed by atoms with Crippen LogP contribution in [0.1, 0.15) is 6.42 Å². The van der Waals surface area contributed by atoms with Crippen LogP contribution in [0.15, 0.2) is 0 Å². The largest absolute Gasteiger partial charge is 0.349 e. The molecule has 2 rings (SSSR count). The van der Waals surface area contributed by atoms with Gasteiger partial charge in [-0.05, 0) is 6.42 Å². The Balaban J connectivity index is 2.08. The molecule has 2 aliphatic heterocycles. The summed E-state index contributed by atoms with van der Waals surface area (Å²) in [7, 11) is 0. The smallest absolute Gasteiger partial charge is 0.245 e. The third-order valence-corrected chi connectivity index (χ3v) is 2.91. The van der Waals surface area contributed by atoms with Crippen molar-refractivity contribution in [3.63, 3.8) is 0 Å². The van der Waals surface area contributed by atoms with Crippen molar-refractivity contribution in [3.8, 4) is 0 Å². The molecule has 2 amide bonds. The third kappa shape index (κ3) is 0.957. The zero-order valence-corrected chi connectivity index (χ0v) is 8.00. The van der Waals surface area contributed by atoms with E-state index in [4.69, 9.17) is 0 Å². The number of hydrogen-bond donors (Lipinski definition) is 1. The molecule has 1 N–H and O–H groups in total. The molecule has 0 aliphatic carbocycles. The Morgan fingerprint density at radius 3 is 3.08 bits per heavy atom. The van der Waals surface area contributed by atoms with Gasteiger partial charge < -0.3 is 10.2 Å². The van der Waals surface area contributed by atoms with Crippen molar-refractivity contribution >= 4 is 27.7 Å². The molecule has 2 fully saturated rings. The lowest BCUT2D eigenvalue weighted by atomic mass is 10.0. The normalized spacial score (nSPS) is 32.4. The van der Waals surface area contributed by atoms with Crippen LogP contribution in [0.25, 0.3) is 0 Å². The molecular formula is C7H9BrN2O2. The minimum atomic E-state index is -0.171. The van der Waals surface area contributed by atoms with Crippen LogP contribution in [-0.2, 0) is 9.59 Å². The number of hydrogen-bond acceptors (Lipinski definition) is 2. The van der Waals surface area contributed by atoms with E-state index in [0.29, 0.717) is 11.9 Å². The van der Waals surface area contributed by atoms with E-state index in [0.717, 1.165) is 6.42 Å². The maximum atomic E-state index is 11.2. The van der Waals surface area contributed by atoms with Gasteiger partial charge in [0.2, 0.25) is 11.8 Å². The van der Waals surface area contributed by atoms with Crippen molar-refractivity contribution in [1.82, 2.24) is 10.2 Å². The average molecular weight is 233 g/mol. The van der Waals surface area contributed by atoms with Gasteiger partial charge in [-0.1, -0.05) is 15.9 Å². The summed E-state index contributed by atoms with van der Waals surface area (Å²) < 4.78 is 0. The van der Waals surface area contributed by atoms with E-state index in [1.807, 2.05) is 0 Å². The minimum Gasteiger partial charge on any atom is -0.349 e. The second-order valence-electron chi connectivity index (χ2n) is 3.07. The number of halogens is 1. The van der Waals surface area contributed by atoms with Gasteiger partial charge in [-0.3, -0.25) is 9.59 Å². The SMILES string of the molecule is O=C1N[C@@H]2CCN(C(=O)CBr)C12. The van der Waals surface area contributed by atoms with Crippen LogP contribution >= 0.6 is 15.9 Å². The molecule has 2 saturated heterocycles. The molecule has 66 valence electrons. The van der Waals surface area contributed by atoms with Crippen LogP contribution in [0, 0.1) is 0 Å². The fraction of sp³-hybridized carbons (Fsp3) is 0.714. The maximum Gasteiger partial charge on any atom is 0.245 e. The van der Waals surface area contributed by atoms with Gasteiger partial charge in [0.1, 0.15) is 6.04 Å². The fourth-order valence-electron chi connectivity index (χ4n) is 1.80. The van der Waals surface area contributed by atoms with Crippen LogP contribution in [0.5, 0.6) is 0 Å². The molecule has 2 heterocycles. The average Bonchev–Trinajstić information content (AvgIpc) is 2.40. The van der Waals surface area contributed by atoms with Gasteiger partial charge in [0, 0.05) is 6.54 Å². The summed E-state index contributed by atoms with van der Waals surface area (Å²) >= 11 is 3.09. The molecule has 5 heteroatoms. The first-order valence-corrected chi connectivity index (χ1v) is 5.02. The first kappa shape index (κ1) is 8.04. The molecule has 0 aromatic heterocycles. The zero-order valence-electron chi connectivity index (χ0n) is 6.42. The minimum absolute atomic E-state index is 0.00759. The summed E-state index contributed by atoms with van der Waals surface area (Å²) in [6, 6.07) is 0.0514. The number of amides is 2. The Morgan fingerprint density at radius 2 is 2.50 bits per heavy atom. The number of β-lactam (4-membered cyclic amide) rings is 1. The Hall–Kier alpha value is -0.580. The molecule has 1 unspecified atom stereocenters. The van der Waals surface area contributed by atoms with Crippen LogP contribution in [0.3, 0.4) is 0 Å². The summed E-state index contributed by atoms with van der Waals surface area (Å²) in [4.78, 5) is 23.9. The lowest BCUT2D eigenvalue weighted by Crippen LogP contribution is -2.65. The third-order valence-electron chi connectivity index (χ3n) is 2.43. The Labute approximate surface area is 78.4 Å². The van der Waals surface area contributed by atoms with Crippen LogP contribution < -0.4 is 5.32 Å². The summed E-state index contributed by atoms with van der Waals surface area (Å²) in [5.41, 5.74) is 0.